The Balaban J connectivity index is 1.94. The van der Waals surface area contributed by atoms with Crippen LogP contribution in [0.3, 0.4) is 0 Å². The molecule has 5 nitrogen and oxygen atoms in total. The van der Waals surface area contributed by atoms with E-state index in [9.17, 15) is 0 Å². The summed E-state index contributed by atoms with van der Waals surface area (Å²) in [4.78, 5) is 0. The molecule has 2 heterocycles. The van der Waals surface area contributed by atoms with Crippen LogP contribution in [0, 0.1) is 0 Å². The highest BCUT2D eigenvalue weighted by Gasteiger charge is 2.17. The van der Waals surface area contributed by atoms with E-state index in [0.717, 1.165) is 38.3 Å². The molecule has 1 saturated heterocycles. The maximum absolute atomic E-state index is 4.14. The minimum Gasteiger partial charge on any atom is -0.315 e. The largest absolute Gasteiger partial charge is 0.315 e. The molecule has 0 aromatic carbocycles. The van der Waals surface area contributed by atoms with Crippen LogP contribution in [0.5, 0.6) is 0 Å². The summed E-state index contributed by atoms with van der Waals surface area (Å²) in [5.74, 6) is 0. The molecule has 1 aliphatic heterocycles. The second kappa shape index (κ2) is 4.52. The number of nitrogens with zero attached hydrogens (tertiary/aromatic N) is 3. The van der Waals surface area contributed by atoms with Crippen LogP contribution in [0.4, 0.5) is 0 Å². The van der Waals surface area contributed by atoms with Gasteiger partial charge in [-0.1, -0.05) is 12.1 Å². The van der Waals surface area contributed by atoms with Gasteiger partial charge in [-0.2, -0.15) is 0 Å². The molecule has 0 unspecified atom stereocenters. The summed E-state index contributed by atoms with van der Waals surface area (Å²) in [5.41, 5.74) is 1.03. The summed E-state index contributed by atoms with van der Waals surface area (Å²) in [6.45, 7) is 5.98. The minimum absolute atomic E-state index is 0.498. The molecule has 14 heavy (non-hydrogen) atoms. The Morgan fingerprint density at radius 2 is 2.64 bits per heavy atom. The Hall–Kier alpha value is -0.940. The van der Waals surface area contributed by atoms with Crippen molar-refractivity contribution >= 4 is 0 Å². The predicted octanol–water partition coefficient (Wildman–Crippen LogP) is -0.0780. The molecule has 0 spiro atoms. The fraction of sp³-hybridized carbons (Fsp3) is 0.778. The van der Waals surface area contributed by atoms with Crippen molar-refractivity contribution < 1.29 is 0 Å². The van der Waals surface area contributed by atoms with E-state index in [2.05, 4.69) is 27.9 Å². The molecule has 78 valence electrons. The molecule has 1 aromatic heterocycles. The van der Waals surface area contributed by atoms with Gasteiger partial charge < -0.3 is 10.6 Å². The first-order valence-electron chi connectivity index (χ1n) is 5.22. The van der Waals surface area contributed by atoms with Gasteiger partial charge in [-0.15, -0.1) is 5.10 Å². The van der Waals surface area contributed by atoms with Gasteiger partial charge >= 0.3 is 0 Å². The van der Waals surface area contributed by atoms with Gasteiger partial charge in [-0.25, -0.2) is 4.68 Å². The van der Waals surface area contributed by atoms with Gasteiger partial charge in [0.2, 0.25) is 0 Å². The molecule has 0 amide bonds. The summed E-state index contributed by atoms with van der Waals surface area (Å²) in [6.07, 6.45) is 3.20. The quantitative estimate of drug-likeness (QED) is 0.705. The molecule has 2 rings (SSSR count). The third kappa shape index (κ3) is 2.10. The smallest absolute Gasteiger partial charge is 0.0964 e. The normalized spacial score (nSPS) is 21.6. The predicted molar refractivity (Wildman–Crippen MR) is 53.9 cm³/mol. The fourth-order valence-electron chi connectivity index (χ4n) is 1.69. The Labute approximate surface area is 83.9 Å². The number of hydrogen-bond donors (Lipinski definition) is 2. The van der Waals surface area contributed by atoms with E-state index >= 15 is 0 Å². The van der Waals surface area contributed by atoms with Crippen molar-refractivity contribution in [1.29, 1.82) is 0 Å². The van der Waals surface area contributed by atoms with E-state index in [1.54, 1.807) is 0 Å². The Bertz CT molecular complexity index is 276. The van der Waals surface area contributed by atoms with Crippen LogP contribution >= 0.6 is 0 Å². The first-order chi connectivity index (χ1) is 6.90. The first-order valence-corrected chi connectivity index (χ1v) is 5.22. The van der Waals surface area contributed by atoms with Crippen molar-refractivity contribution in [1.82, 2.24) is 25.6 Å². The maximum atomic E-state index is 4.14. The van der Waals surface area contributed by atoms with Crippen molar-refractivity contribution in [3.05, 3.63) is 11.9 Å². The van der Waals surface area contributed by atoms with Crippen molar-refractivity contribution in [3.63, 3.8) is 0 Å². The number of rotatable bonds is 4. The van der Waals surface area contributed by atoms with Gasteiger partial charge in [0, 0.05) is 13.1 Å². The van der Waals surface area contributed by atoms with Crippen molar-refractivity contribution in [2.45, 2.75) is 25.9 Å². The summed E-state index contributed by atoms with van der Waals surface area (Å²) < 4.78 is 1.98. The maximum Gasteiger partial charge on any atom is 0.0964 e. The highest BCUT2D eigenvalue weighted by molar-refractivity contribution is 4.93. The summed E-state index contributed by atoms with van der Waals surface area (Å²) in [5, 5.41) is 14.8. The van der Waals surface area contributed by atoms with Crippen molar-refractivity contribution in [3.8, 4) is 0 Å². The standard InChI is InChI=1S/C9H17N5/c1-2-10-5-8-7-14(13-12-8)9-3-4-11-6-9/h7,9-11H,2-6H2,1H3/t9-/m1/s1. The third-order valence-electron chi connectivity index (χ3n) is 2.52. The van der Waals surface area contributed by atoms with Gasteiger partial charge in [0.05, 0.1) is 17.9 Å². The lowest BCUT2D eigenvalue weighted by Gasteiger charge is -2.06. The summed E-state index contributed by atoms with van der Waals surface area (Å²) >= 11 is 0. The molecular formula is C9H17N5. The van der Waals surface area contributed by atoms with E-state index in [4.69, 9.17) is 0 Å². The Kier molecular flexibility index (Phi) is 3.10. The Morgan fingerprint density at radius 3 is 3.36 bits per heavy atom. The molecule has 1 aliphatic rings. The van der Waals surface area contributed by atoms with Crippen LogP contribution in [0.1, 0.15) is 25.1 Å². The highest BCUT2D eigenvalue weighted by atomic mass is 15.4. The van der Waals surface area contributed by atoms with Crippen molar-refractivity contribution in [2.75, 3.05) is 19.6 Å². The van der Waals surface area contributed by atoms with Crippen molar-refractivity contribution in [2.24, 2.45) is 0 Å². The fourth-order valence-corrected chi connectivity index (χ4v) is 1.69. The molecular weight excluding hydrogens is 178 g/mol. The van der Waals surface area contributed by atoms with Crippen LogP contribution in [0.15, 0.2) is 6.20 Å². The first kappa shape index (κ1) is 9.61. The van der Waals surface area contributed by atoms with Gasteiger partial charge in [0.1, 0.15) is 0 Å². The summed E-state index contributed by atoms with van der Waals surface area (Å²) in [7, 11) is 0. The van der Waals surface area contributed by atoms with Crippen LogP contribution in [0.25, 0.3) is 0 Å². The number of aromatic nitrogens is 3. The number of nitrogens with one attached hydrogen (secondary N) is 2. The number of hydrogen-bond acceptors (Lipinski definition) is 4. The average Bonchev–Trinajstić information content (AvgIpc) is 2.85. The second-order valence-corrected chi connectivity index (χ2v) is 3.62. The molecule has 1 fully saturated rings. The lowest BCUT2D eigenvalue weighted by Crippen LogP contribution is -2.14. The molecule has 0 saturated carbocycles. The van der Waals surface area contributed by atoms with Gasteiger partial charge in [0.25, 0.3) is 0 Å². The van der Waals surface area contributed by atoms with Crippen LogP contribution in [-0.4, -0.2) is 34.6 Å². The second-order valence-electron chi connectivity index (χ2n) is 3.62. The summed E-state index contributed by atoms with van der Waals surface area (Å²) in [6, 6.07) is 0.498. The minimum atomic E-state index is 0.498. The van der Waals surface area contributed by atoms with Crippen LogP contribution in [0.2, 0.25) is 0 Å². The average molecular weight is 195 g/mol. The monoisotopic (exact) mass is 195 g/mol. The molecule has 0 aliphatic carbocycles. The lowest BCUT2D eigenvalue weighted by atomic mass is 10.3. The topological polar surface area (TPSA) is 54.8 Å². The van der Waals surface area contributed by atoms with E-state index < -0.39 is 0 Å². The zero-order chi connectivity index (χ0) is 9.80. The lowest BCUT2D eigenvalue weighted by molar-refractivity contribution is 0.476. The molecule has 2 N–H and O–H groups in total. The zero-order valence-electron chi connectivity index (χ0n) is 8.53. The third-order valence-corrected chi connectivity index (χ3v) is 2.52. The Morgan fingerprint density at radius 1 is 1.71 bits per heavy atom. The molecule has 0 radical (unpaired) electrons. The van der Waals surface area contributed by atoms with E-state index in [1.807, 2.05) is 10.9 Å². The SMILES string of the molecule is CCNCc1cn([C@@H]2CCNC2)nn1. The molecule has 0 bridgehead atoms. The zero-order valence-corrected chi connectivity index (χ0v) is 8.53. The van der Waals surface area contributed by atoms with Gasteiger partial charge in [0.15, 0.2) is 0 Å². The molecule has 5 heteroatoms. The van der Waals surface area contributed by atoms with E-state index in [1.165, 1.54) is 0 Å². The van der Waals surface area contributed by atoms with E-state index in [0.29, 0.717) is 6.04 Å². The molecule has 1 aromatic rings. The van der Waals surface area contributed by atoms with Crippen LogP contribution in [-0.2, 0) is 6.54 Å². The van der Waals surface area contributed by atoms with E-state index in [-0.39, 0.29) is 0 Å². The van der Waals surface area contributed by atoms with Gasteiger partial charge in [-0.05, 0) is 19.5 Å². The van der Waals surface area contributed by atoms with Gasteiger partial charge in [-0.3, -0.25) is 0 Å². The molecule has 1 atom stereocenters. The van der Waals surface area contributed by atoms with Crippen LogP contribution < -0.4 is 10.6 Å². The highest BCUT2D eigenvalue weighted by Crippen LogP contribution is 2.13.